The van der Waals surface area contributed by atoms with Crippen molar-refractivity contribution in [3.05, 3.63) is 28.1 Å². The van der Waals surface area contributed by atoms with Gasteiger partial charge in [-0.1, -0.05) is 6.92 Å². The Bertz CT molecular complexity index is 282. The van der Waals surface area contributed by atoms with Gasteiger partial charge in [-0.25, -0.2) is 0 Å². The molecule has 1 aromatic rings. The highest BCUT2D eigenvalue weighted by atomic mass is 16.6. The largest absolute Gasteiger partial charge is 0.358 e. The van der Waals surface area contributed by atoms with E-state index in [4.69, 9.17) is 5.73 Å². The average molecular weight is 169 g/mol. The van der Waals surface area contributed by atoms with Gasteiger partial charge in [-0.05, 0) is 6.42 Å². The first-order chi connectivity index (χ1) is 5.65. The van der Waals surface area contributed by atoms with E-state index in [0.29, 0.717) is 5.69 Å². The van der Waals surface area contributed by atoms with Crippen molar-refractivity contribution in [2.75, 3.05) is 0 Å². The van der Waals surface area contributed by atoms with Crippen LogP contribution in [0.1, 0.15) is 25.1 Å². The van der Waals surface area contributed by atoms with Crippen LogP contribution in [0.3, 0.4) is 0 Å². The predicted octanol–water partition coefficient (Wildman–Crippen LogP) is 1.33. The van der Waals surface area contributed by atoms with Crippen LogP contribution in [0.25, 0.3) is 0 Å². The summed E-state index contributed by atoms with van der Waals surface area (Å²) in [6.07, 6.45) is 2.11. The number of nitrogens with zero attached hydrogens (tertiary/aromatic N) is 1. The van der Waals surface area contributed by atoms with Crippen molar-refractivity contribution in [2.45, 2.75) is 19.4 Å². The third-order valence-corrected chi connectivity index (χ3v) is 1.74. The highest BCUT2D eigenvalue weighted by molar-refractivity contribution is 5.31. The van der Waals surface area contributed by atoms with E-state index in [2.05, 4.69) is 4.98 Å². The second kappa shape index (κ2) is 3.36. The van der Waals surface area contributed by atoms with Gasteiger partial charge in [-0.3, -0.25) is 10.1 Å². The molecular weight excluding hydrogens is 158 g/mol. The minimum atomic E-state index is -0.442. The molecule has 12 heavy (non-hydrogen) atoms. The van der Waals surface area contributed by atoms with E-state index < -0.39 is 4.92 Å². The summed E-state index contributed by atoms with van der Waals surface area (Å²) < 4.78 is 0. The highest BCUT2D eigenvalue weighted by Crippen LogP contribution is 2.18. The topological polar surface area (TPSA) is 84.9 Å². The zero-order chi connectivity index (χ0) is 9.14. The van der Waals surface area contributed by atoms with Gasteiger partial charge in [-0.2, -0.15) is 0 Å². The zero-order valence-electron chi connectivity index (χ0n) is 6.78. The van der Waals surface area contributed by atoms with Gasteiger partial charge in [0.25, 0.3) is 5.69 Å². The number of nitrogens with two attached hydrogens (primary N) is 1. The lowest BCUT2D eigenvalue weighted by Gasteiger charge is -2.03. The average Bonchev–Trinajstić information content (AvgIpc) is 2.51. The molecule has 0 unspecified atom stereocenters. The summed E-state index contributed by atoms with van der Waals surface area (Å²) in [5.74, 6) is 0. The van der Waals surface area contributed by atoms with E-state index in [0.717, 1.165) is 6.42 Å². The lowest BCUT2D eigenvalue weighted by Crippen LogP contribution is -2.08. The van der Waals surface area contributed by atoms with E-state index in [1.54, 1.807) is 0 Å². The van der Waals surface area contributed by atoms with Crippen LogP contribution in [0.2, 0.25) is 0 Å². The quantitative estimate of drug-likeness (QED) is 0.528. The summed E-state index contributed by atoms with van der Waals surface area (Å²) in [6, 6.07) is 1.33. The number of hydrogen-bond acceptors (Lipinski definition) is 3. The smallest absolute Gasteiger partial charge is 0.287 e. The summed E-state index contributed by atoms with van der Waals surface area (Å²) in [5.41, 5.74) is 6.43. The number of nitrogens with one attached hydrogen (secondary N) is 1. The SMILES string of the molecule is CC[C@@H](N)c1cc([N+](=O)[O-])c[nH]1. The number of aromatic nitrogens is 1. The number of H-pyrrole nitrogens is 1. The molecule has 0 saturated heterocycles. The molecule has 0 aliphatic carbocycles. The molecule has 5 heteroatoms. The van der Waals surface area contributed by atoms with Crippen molar-refractivity contribution in [1.29, 1.82) is 0 Å². The van der Waals surface area contributed by atoms with Gasteiger partial charge in [0.2, 0.25) is 0 Å². The fraction of sp³-hybridized carbons (Fsp3) is 0.429. The number of hydrogen-bond donors (Lipinski definition) is 2. The monoisotopic (exact) mass is 169 g/mol. The Kier molecular flexibility index (Phi) is 2.44. The zero-order valence-corrected chi connectivity index (χ0v) is 6.78. The Balaban J connectivity index is 2.84. The Hall–Kier alpha value is -1.36. The molecule has 0 bridgehead atoms. The van der Waals surface area contributed by atoms with E-state index >= 15 is 0 Å². The first kappa shape index (κ1) is 8.73. The van der Waals surface area contributed by atoms with Gasteiger partial charge in [0.05, 0.1) is 11.1 Å². The summed E-state index contributed by atoms with van der Waals surface area (Å²) in [4.78, 5) is 12.6. The molecule has 5 nitrogen and oxygen atoms in total. The van der Waals surface area contributed by atoms with Crippen molar-refractivity contribution in [3.8, 4) is 0 Å². The van der Waals surface area contributed by atoms with Crippen LogP contribution in [0.4, 0.5) is 5.69 Å². The maximum absolute atomic E-state index is 10.3. The molecule has 0 aliphatic heterocycles. The Morgan fingerprint density at radius 1 is 1.83 bits per heavy atom. The molecule has 1 rings (SSSR count). The van der Waals surface area contributed by atoms with E-state index in [1.807, 2.05) is 6.92 Å². The van der Waals surface area contributed by atoms with Crippen LogP contribution in [0.15, 0.2) is 12.3 Å². The third-order valence-electron chi connectivity index (χ3n) is 1.74. The van der Waals surface area contributed by atoms with Crippen molar-refractivity contribution in [2.24, 2.45) is 5.73 Å². The lowest BCUT2D eigenvalue weighted by atomic mass is 10.2. The van der Waals surface area contributed by atoms with Gasteiger partial charge in [0, 0.05) is 17.8 Å². The van der Waals surface area contributed by atoms with Crippen LogP contribution < -0.4 is 5.73 Å². The number of aromatic amines is 1. The summed E-state index contributed by atoms with van der Waals surface area (Å²) in [5, 5.41) is 10.3. The molecule has 0 radical (unpaired) electrons. The molecule has 0 amide bonds. The van der Waals surface area contributed by atoms with Crippen molar-refractivity contribution in [1.82, 2.24) is 4.98 Å². The van der Waals surface area contributed by atoms with Gasteiger partial charge in [0.1, 0.15) is 0 Å². The van der Waals surface area contributed by atoms with Crippen LogP contribution >= 0.6 is 0 Å². The predicted molar refractivity (Wildman–Crippen MR) is 44.7 cm³/mol. The molecule has 66 valence electrons. The molecule has 0 aromatic carbocycles. The Labute approximate surface area is 69.7 Å². The van der Waals surface area contributed by atoms with E-state index in [9.17, 15) is 10.1 Å². The molecule has 1 atom stereocenters. The van der Waals surface area contributed by atoms with Crippen LogP contribution in [0.5, 0.6) is 0 Å². The fourth-order valence-electron chi connectivity index (χ4n) is 0.939. The molecule has 0 aliphatic rings. The maximum atomic E-state index is 10.3. The lowest BCUT2D eigenvalue weighted by molar-refractivity contribution is -0.384. The first-order valence-electron chi connectivity index (χ1n) is 3.73. The van der Waals surface area contributed by atoms with Gasteiger partial charge < -0.3 is 10.7 Å². The standard InChI is InChI=1S/C7H11N3O2/c1-2-6(8)7-3-5(4-9-7)10(11)12/h3-4,6,9H,2,8H2,1H3/t6-/m1/s1. The van der Waals surface area contributed by atoms with Crippen LogP contribution in [0, 0.1) is 10.1 Å². The molecule has 3 N–H and O–H groups in total. The molecule has 0 spiro atoms. The van der Waals surface area contributed by atoms with Crippen molar-refractivity contribution in [3.63, 3.8) is 0 Å². The second-order valence-electron chi connectivity index (χ2n) is 2.59. The van der Waals surface area contributed by atoms with Crippen LogP contribution in [-0.2, 0) is 0 Å². The minimum absolute atomic E-state index is 0.0638. The minimum Gasteiger partial charge on any atom is -0.358 e. The van der Waals surface area contributed by atoms with E-state index in [1.165, 1.54) is 12.3 Å². The Morgan fingerprint density at radius 3 is 2.92 bits per heavy atom. The Morgan fingerprint density at radius 2 is 2.50 bits per heavy atom. The number of nitro groups is 1. The first-order valence-corrected chi connectivity index (χ1v) is 3.73. The third kappa shape index (κ3) is 1.62. The van der Waals surface area contributed by atoms with Crippen molar-refractivity contribution < 1.29 is 4.92 Å². The van der Waals surface area contributed by atoms with Crippen LogP contribution in [-0.4, -0.2) is 9.91 Å². The summed E-state index contributed by atoms with van der Waals surface area (Å²) in [6.45, 7) is 1.93. The van der Waals surface area contributed by atoms with Gasteiger partial charge in [0.15, 0.2) is 0 Å². The molecule has 0 fully saturated rings. The molecule has 1 heterocycles. The fourth-order valence-corrected chi connectivity index (χ4v) is 0.939. The molecule has 1 aromatic heterocycles. The van der Waals surface area contributed by atoms with Crippen molar-refractivity contribution >= 4 is 5.69 Å². The van der Waals surface area contributed by atoms with Gasteiger partial charge >= 0.3 is 0 Å². The molecule has 0 saturated carbocycles. The van der Waals surface area contributed by atoms with Gasteiger partial charge in [-0.15, -0.1) is 0 Å². The number of rotatable bonds is 3. The summed E-state index contributed by atoms with van der Waals surface area (Å²) in [7, 11) is 0. The van der Waals surface area contributed by atoms with E-state index in [-0.39, 0.29) is 11.7 Å². The normalized spacial score (nSPS) is 12.8. The summed E-state index contributed by atoms with van der Waals surface area (Å²) >= 11 is 0. The highest BCUT2D eigenvalue weighted by Gasteiger charge is 2.11. The second-order valence-corrected chi connectivity index (χ2v) is 2.59. The molecular formula is C7H11N3O2. The maximum Gasteiger partial charge on any atom is 0.287 e.